The van der Waals surface area contributed by atoms with E-state index < -0.39 is 0 Å². The van der Waals surface area contributed by atoms with Gasteiger partial charge in [0.25, 0.3) is 5.91 Å². The highest BCUT2D eigenvalue weighted by Crippen LogP contribution is 2.24. The number of nitrogens with one attached hydrogen (secondary N) is 1. The summed E-state index contributed by atoms with van der Waals surface area (Å²) in [6.07, 6.45) is 2.35. The number of rotatable bonds is 6. The van der Waals surface area contributed by atoms with Crippen molar-refractivity contribution in [2.75, 3.05) is 18.4 Å². The topological polar surface area (TPSA) is 66.5 Å². The van der Waals surface area contributed by atoms with Gasteiger partial charge in [0.1, 0.15) is 0 Å². The Morgan fingerprint density at radius 1 is 1.00 bits per heavy atom. The lowest BCUT2D eigenvalue weighted by atomic mass is 9.88. The number of anilines is 1. The maximum atomic E-state index is 12.9. The fourth-order valence-electron chi connectivity index (χ4n) is 3.97. The molecular formula is C25H30N2O3. The molecular weight excluding hydrogens is 376 g/mol. The second-order valence-electron chi connectivity index (χ2n) is 8.49. The quantitative estimate of drug-likeness (QED) is 0.714. The first kappa shape index (κ1) is 21.8. The lowest BCUT2D eigenvalue weighted by Gasteiger charge is -2.31. The number of Topliss-reactive ketones (excluding diaryl/α,β-unsaturated/α-hetero) is 1. The van der Waals surface area contributed by atoms with Crippen LogP contribution in [0.4, 0.5) is 5.69 Å². The average molecular weight is 407 g/mol. The number of ketones is 1. The number of benzene rings is 2. The molecule has 0 unspecified atom stereocenters. The van der Waals surface area contributed by atoms with Gasteiger partial charge in [0.2, 0.25) is 5.91 Å². The van der Waals surface area contributed by atoms with Gasteiger partial charge < -0.3 is 10.2 Å². The monoisotopic (exact) mass is 406 g/mol. The van der Waals surface area contributed by atoms with Gasteiger partial charge in [-0.1, -0.05) is 44.2 Å². The Labute approximate surface area is 178 Å². The molecule has 1 aliphatic rings. The van der Waals surface area contributed by atoms with Gasteiger partial charge in [-0.25, -0.2) is 0 Å². The van der Waals surface area contributed by atoms with E-state index in [0.717, 1.165) is 12.0 Å². The minimum absolute atomic E-state index is 0.0456. The van der Waals surface area contributed by atoms with E-state index in [2.05, 4.69) is 19.2 Å². The number of piperidine rings is 1. The van der Waals surface area contributed by atoms with Crippen LogP contribution in [0.25, 0.3) is 0 Å². The highest BCUT2D eigenvalue weighted by atomic mass is 16.2. The van der Waals surface area contributed by atoms with Crippen LogP contribution in [0.2, 0.25) is 0 Å². The van der Waals surface area contributed by atoms with Crippen LogP contribution in [0.5, 0.6) is 0 Å². The standard InChI is InChI=1S/C25H30N2O3/c1-17(2)15-19-7-9-20(10-8-19)24(29)21-11-13-27(14-12-21)25(30)22-5-4-6-23(16-22)26-18(3)28/h4-10,16-17,21H,11-15H2,1-3H3,(H,26,28). The second-order valence-corrected chi connectivity index (χ2v) is 8.49. The number of carbonyl (C=O) groups excluding carboxylic acids is 3. The first-order valence-electron chi connectivity index (χ1n) is 10.6. The number of hydrogen-bond acceptors (Lipinski definition) is 3. The van der Waals surface area contributed by atoms with Crippen LogP contribution in [0.1, 0.15) is 59.9 Å². The van der Waals surface area contributed by atoms with E-state index in [9.17, 15) is 14.4 Å². The minimum Gasteiger partial charge on any atom is -0.339 e. The molecule has 3 rings (SSSR count). The first-order chi connectivity index (χ1) is 14.3. The zero-order chi connectivity index (χ0) is 21.7. The second kappa shape index (κ2) is 9.70. The van der Waals surface area contributed by atoms with Crippen molar-refractivity contribution < 1.29 is 14.4 Å². The van der Waals surface area contributed by atoms with E-state index in [4.69, 9.17) is 0 Å². The van der Waals surface area contributed by atoms with E-state index in [0.29, 0.717) is 43.1 Å². The van der Waals surface area contributed by atoms with Crippen LogP contribution in [0.3, 0.4) is 0 Å². The van der Waals surface area contributed by atoms with Gasteiger partial charge in [0.15, 0.2) is 5.78 Å². The summed E-state index contributed by atoms with van der Waals surface area (Å²) in [6, 6.07) is 14.9. The van der Waals surface area contributed by atoms with Gasteiger partial charge >= 0.3 is 0 Å². The molecule has 30 heavy (non-hydrogen) atoms. The van der Waals surface area contributed by atoms with Crippen molar-refractivity contribution in [3.8, 4) is 0 Å². The number of hydrogen-bond donors (Lipinski definition) is 1. The summed E-state index contributed by atoms with van der Waals surface area (Å²) in [7, 11) is 0. The highest BCUT2D eigenvalue weighted by Gasteiger charge is 2.28. The van der Waals surface area contributed by atoms with Crippen molar-refractivity contribution in [3.63, 3.8) is 0 Å². The largest absolute Gasteiger partial charge is 0.339 e. The third kappa shape index (κ3) is 5.56. The van der Waals surface area contributed by atoms with Gasteiger partial charge in [-0.15, -0.1) is 0 Å². The summed E-state index contributed by atoms with van der Waals surface area (Å²) in [5.74, 6) is 0.483. The summed E-state index contributed by atoms with van der Waals surface area (Å²) < 4.78 is 0. The fraction of sp³-hybridized carbons (Fsp3) is 0.400. The Morgan fingerprint density at radius 3 is 2.27 bits per heavy atom. The molecule has 1 saturated heterocycles. The van der Waals surface area contributed by atoms with E-state index >= 15 is 0 Å². The van der Waals surface area contributed by atoms with Gasteiger partial charge in [0, 0.05) is 42.7 Å². The lowest BCUT2D eigenvalue weighted by molar-refractivity contribution is -0.114. The molecule has 2 aromatic carbocycles. The van der Waals surface area contributed by atoms with Gasteiger partial charge in [0.05, 0.1) is 0 Å². The zero-order valence-electron chi connectivity index (χ0n) is 18.0. The summed E-state index contributed by atoms with van der Waals surface area (Å²) in [4.78, 5) is 38.8. The van der Waals surface area contributed by atoms with Crippen LogP contribution in [-0.4, -0.2) is 35.6 Å². The Morgan fingerprint density at radius 2 is 1.67 bits per heavy atom. The normalized spacial score (nSPS) is 14.6. The molecule has 0 radical (unpaired) electrons. The molecule has 0 spiro atoms. The molecule has 5 nitrogen and oxygen atoms in total. The Balaban J connectivity index is 1.58. The molecule has 1 N–H and O–H groups in total. The van der Waals surface area contributed by atoms with Crippen molar-refractivity contribution in [2.45, 2.75) is 40.0 Å². The molecule has 1 fully saturated rings. The Bertz CT molecular complexity index is 910. The van der Waals surface area contributed by atoms with Gasteiger partial charge in [-0.3, -0.25) is 14.4 Å². The number of carbonyl (C=O) groups is 3. The molecule has 2 aromatic rings. The van der Waals surface area contributed by atoms with Crippen LogP contribution in [0.15, 0.2) is 48.5 Å². The number of nitrogens with zero attached hydrogens (tertiary/aromatic N) is 1. The summed E-state index contributed by atoms with van der Waals surface area (Å²) in [5.41, 5.74) is 3.17. The predicted octanol–water partition coefficient (Wildman–Crippen LogP) is 4.58. The molecule has 0 aromatic heterocycles. The minimum atomic E-state index is -0.170. The Hall–Kier alpha value is -2.95. The van der Waals surface area contributed by atoms with Crippen molar-refractivity contribution >= 4 is 23.3 Å². The van der Waals surface area contributed by atoms with Gasteiger partial charge in [-0.2, -0.15) is 0 Å². The van der Waals surface area contributed by atoms with Crippen LogP contribution >= 0.6 is 0 Å². The average Bonchev–Trinajstić information content (AvgIpc) is 2.73. The molecule has 0 saturated carbocycles. The predicted molar refractivity (Wildman–Crippen MR) is 119 cm³/mol. The van der Waals surface area contributed by atoms with E-state index in [1.165, 1.54) is 12.5 Å². The van der Waals surface area contributed by atoms with Crippen LogP contribution < -0.4 is 5.32 Å². The molecule has 1 heterocycles. The maximum Gasteiger partial charge on any atom is 0.253 e. The third-order valence-electron chi connectivity index (χ3n) is 5.47. The van der Waals surface area contributed by atoms with Crippen molar-refractivity contribution in [2.24, 2.45) is 11.8 Å². The number of amides is 2. The summed E-state index contributed by atoms with van der Waals surface area (Å²) in [6.45, 7) is 6.93. The molecule has 0 bridgehead atoms. The molecule has 158 valence electrons. The smallest absolute Gasteiger partial charge is 0.253 e. The van der Waals surface area contributed by atoms with Crippen molar-refractivity contribution in [1.82, 2.24) is 4.90 Å². The SMILES string of the molecule is CC(=O)Nc1cccc(C(=O)N2CCC(C(=O)c3ccc(CC(C)C)cc3)CC2)c1. The molecule has 2 amide bonds. The van der Waals surface area contributed by atoms with Crippen molar-refractivity contribution in [3.05, 3.63) is 65.2 Å². The molecule has 1 aliphatic heterocycles. The maximum absolute atomic E-state index is 12.9. The third-order valence-corrected chi connectivity index (χ3v) is 5.47. The first-order valence-corrected chi connectivity index (χ1v) is 10.6. The highest BCUT2D eigenvalue weighted by molar-refractivity contribution is 5.99. The van der Waals surface area contributed by atoms with E-state index in [1.807, 2.05) is 24.3 Å². The molecule has 5 heteroatoms. The summed E-state index contributed by atoms with van der Waals surface area (Å²) in [5, 5.41) is 2.70. The zero-order valence-corrected chi connectivity index (χ0v) is 18.0. The molecule has 0 aliphatic carbocycles. The summed E-state index contributed by atoms with van der Waals surface area (Å²) >= 11 is 0. The lowest BCUT2D eigenvalue weighted by Crippen LogP contribution is -2.40. The van der Waals surface area contributed by atoms with Crippen molar-refractivity contribution in [1.29, 1.82) is 0 Å². The molecule has 0 atom stereocenters. The number of likely N-dealkylation sites (tertiary alicyclic amines) is 1. The van der Waals surface area contributed by atoms with E-state index in [1.54, 1.807) is 29.2 Å². The fourth-order valence-corrected chi connectivity index (χ4v) is 3.97. The van der Waals surface area contributed by atoms with Crippen LogP contribution in [-0.2, 0) is 11.2 Å². The van der Waals surface area contributed by atoms with Crippen LogP contribution in [0, 0.1) is 11.8 Å². The Kier molecular flexibility index (Phi) is 7.03. The van der Waals surface area contributed by atoms with E-state index in [-0.39, 0.29) is 23.5 Å². The van der Waals surface area contributed by atoms with Gasteiger partial charge in [-0.05, 0) is 48.9 Å².